The highest BCUT2D eigenvalue weighted by atomic mass is 16.6. The van der Waals surface area contributed by atoms with Crippen LogP contribution in [0, 0.1) is 11.8 Å². The first-order valence-electron chi connectivity index (χ1n) is 21.9. The number of ketones is 2. The molecule has 14 heteroatoms. The van der Waals surface area contributed by atoms with Gasteiger partial charge in [-0.1, -0.05) is 104 Å². The Balaban J connectivity index is 1.29. The van der Waals surface area contributed by atoms with Gasteiger partial charge in [0.25, 0.3) is 11.2 Å². The molecule has 4 aliphatic rings. The number of unbranched alkanes of at least 4 members (excludes halogenated alkanes) is 10. The quantitative estimate of drug-likeness (QED) is 0.0643. The lowest BCUT2D eigenvalue weighted by Crippen LogP contribution is -2.64. The maximum absolute atomic E-state index is 13.8. The van der Waals surface area contributed by atoms with E-state index in [1.165, 1.54) is 24.3 Å². The fourth-order valence-electron chi connectivity index (χ4n) is 9.15. The first-order valence-corrected chi connectivity index (χ1v) is 21.9. The van der Waals surface area contributed by atoms with Gasteiger partial charge < -0.3 is 49.6 Å². The third-order valence-electron chi connectivity index (χ3n) is 12.6. The van der Waals surface area contributed by atoms with Gasteiger partial charge in [0, 0.05) is 19.3 Å². The van der Waals surface area contributed by atoms with E-state index in [1.54, 1.807) is 13.8 Å². The molecule has 2 aromatic carbocycles. The maximum atomic E-state index is 13.8. The van der Waals surface area contributed by atoms with E-state index in [2.05, 4.69) is 13.8 Å². The van der Waals surface area contributed by atoms with Crippen LogP contribution in [-0.2, 0) is 35.1 Å². The molecule has 2 saturated carbocycles. The summed E-state index contributed by atoms with van der Waals surface area (Å²) in [5.74, 6) is -7.92. The first kappa shape index (κ1) is 45.4. The molecule has 332 valence electrons. The van der Waals surface area contributed by atoms with Gasteiger partial charge in [0.15, 0.2) is 11.6 Å². The number of benzene rings is 2. The lowest BCUT2D eigenvalue weighted by molar-refractivity contribution is -0.176. The number of phenolic OH excluding ortho intramolecular Hbond substituents is 2. The lowest BCUT2D eigenvalue weighted by atomic mass is 9.69. The van der Waals surface area contributed by atoms with Crippen LogP contribution in [0.2, 0.25) is 0 Å². The van der Waals surface area contributed by atoms with Crippen molar-refractivity contribution >= 4 is 35.0 Å². The first-order chi connectivity index (χ1) is 29.2. The number of rotatable bonds is 18. The van der Waals surface area contributed by atoms with E-state index < -0.39 is 92.9 Å². The molecule has 2 heterocycles. The molecular weight excluding hydrogens is 789 g/mol. The number of carbonyl (C=O) groups is 4. The smallest absolute Gasteiger partial charge is 0.358 e. The highest BCUT2D eigenvalue weighted by Gasteiger charge is 2.64. The average molecular weight is 849 g/mol. The SMILES string of the molecule is CCCCCCCCOC(=O)C12Oc3ccc(Cc4ccc5c(c4O)C(O)=C4C(=O)CC(C)C(O)C4(C(=O)OCCCCCCCC)O5)c(O)c3C(O)=C1C(=O)CC(C)C2O. The predicted octanol–water partition coefficient (Wildman–Crippen LogP) is 7.24. The highest BCUT2D eigenvalue weighted by Crippen LogP contribution is 2.53. The Morgan fingerprint density at radius 1 is 0.607 bits per heavy atom. The number of ether oxygens (including phenoxy) is 4. The fourth-order valence-corrected chi connectivity index (χ4v) is 9.15. The summed E-state index contributed by atoms with van der Waals surface area (Å²) in [4.78, 5) is 54.8. The number of Topliss-reactive ketones (excluding diaryl/α,β-unsaturated/α-hetero) is 2. The highest BCUT2D eigenvalue weighted by molar-refractivity contribution is 6.13. The third kappa shape index (κ3) is 8.20. The van der Waals surface area contributed by atoms with Gasteiger partial charge in [-0.2, -0.15) is 0 Å². The molecule has 0 bridgehead atoms. The van der Waals surface area contributed by atoms with Crippen LogP contribution in [0.25, 0.3) is 11.5 Å². The van der Waals surface area contributed by atoms with Crippen molar-refractivity contribution < 1.29 is 68.8 Å². The summed E-state index contributed by atoms with van der Waals surface area (Å²) in [6, 6.07) is 5.51. The Labute approximate surface area is 356 Å². The predicted molar refractivity (Wildman–Crippen MR) is 223 cm³/mol. The van der Waals surface area contributed by atoms with Crippen LogP contribution in [0.4, 0.5) is 0 Å². The van der Waals surface area contributed by atoms with Crippen LogP contribution in [-0.4, -0.2) is 90.8 Å². The Bertz CT molecular complexity index is 1940. The average Bonchev–Trinajstić information content (AvgIpc) is 3.22. The van der Waals surface area contributed by atoms with Gasteiger partial charge in [-0.25, -0.2) is 9.59 Å². The zero-order chi connectivity index (χ0) is 44.2. The van der Waals surface area contributed by atoms with Crippen LogP contribution in [0.15, 0.2) is 35.4 Å². The normalized spacial score (nSPS) is 25.5. The van der Waals surface area contributed by atoms with Gasteiger partial charge in [-0.15, -0.1) is 0 Å². The van der Waals surface area contributed by atoms with E-state index in [0.29, 0.717) is 12.8 Å². The second kappa shape index (κ2) is 18.9. The van der Waals surface area contributed by atoms with Crippen LogP contribution in [0.5, 0.6) is 23.0 Å². The number of aliphatic hydroxyl groups excluding tert-OH is 4. The van der Waals surface area contributed by atoms with Gasteiger partial charge in [-0.05, 0) is 47.9 Å². The molecule has 0 saturated heterocycles. The Morgan fingerprint density at radius 3 is 1.34 bits per heavy atom. The molecule has 6 rings (SSSR count). The van der Waals surface area contributed by atoms with Crippen molar-refractivity contribution in [2.45, 2.75) is 147 Å². The number of hydrogen-bond donors (Lipinski definition) is 6. The summed E-state index contributed by atoms with van der Waals surface area (Å²) in [6.45, 7) is 7.41. The summed E-state index contributed by atoms with van der Waals surface area (Å²) in [5.41, 5.74) is -6.24. The summed E-state index contributed by atoms with van der Waals surface area (Å²) < 4.78 is 23.5. The minimum atomic E-state index is -2.39. The number of fused-ring (bicyclic) bond motifs is 4. The number of hydrogen-bond acceptors (Lipinski definition) is 14. The molecule has 0 amide bonds. The molecule has 6 atom stereocenters. The minimum Gasteiger partial charge on any atom is -0.507 e. The monoisotopic (exact) mass is 848 g/mol. The second-order valence-corrected chi connectivity index (χ2v) is 17.1. The van der Waals surface area contributed by atoms with Gasteiger partial charge in [0.1, 0.15) is 57.9 Å². The summed E-state index contributed by atoms with van der Waals surface area (Å²) >= 11 is 0. The topological polar surface area (TPSA) is 227 Å². The molecule has 6 N–H and O–H groups in total. The fraction of sp³-hybridized carbons (Fsp3) is 0.574. The molecule has 0 radical (unpaired) electrons. The van der Waals surface area contributed by atoms with E-state index in [9.17, 15) is 49.8 Å². The van der Waals surface area contributed by atoms with Crippen molar-refractivity contribution in [1.29, 1.82) is 0 Å². The summed E-state index contributed by atoms with van der Waals surface area (Å²) in [5, 5.41) is 69.7. The Morgan fingerprint density at radius 2 is 0.967 bits per heavy atom. The zero-order valence-corrected chi connectivity index (χ0v) is 35.6. The third-order valence-corrected chi connectivity index (χ3v) is 12.6. The van der Waals surface area contributed by atoms with Crippen LogP contribution in [0.1, 0.15) is 140 Å². The Hall–Kier alpha value is -5.08. The molecule has 0 aromatic heterocycles. The van der Waals surface area contributed by atoms with Crippen LogP contribution >= 0.6 is 0 Å². The van der Waals surface area contributed by atoms with Gasteiger partial charge >= 0.3 is 11.9 Å². The molecule has 61 heavy (non-hydrogen) atoms. The lowest BCUT2D eigenvalue weighted by Gasteiger charge is -2.45. The second-order valence-electron chi connectivity index (χ2n) is 17.1. The van der Waals surface area contributed by atoms with Crippen LogP contribution in [0.3, 0.4) is 0 Å². The number of carbonyl (C=O) groups excluding carboxylic acids is 4. The minimum absolute atomic E-state index is 0.0101. The molecule has 2 aliphatic carbocycles. The van der Waals surface area contributed by atoms with Gasteiger partial charge in [0.05, 0.1) is 24.4 Å². The summed E-state index contributed by atoms with van der Waals surface area (Å²) in [6.07, 6.45) is 7.29. The molecule has 14 nitrogen and oxygen atoms in total. The molecule has 2 aliphatic heterocycles. The zero-order valence-electron chi connectivity index (χ0n) is 35.6. The molecule has 0 spiro atoms. The number of phenols is 2. The standard InChI is InChI=1S/C47H60O14/c1-5-7-9-11-13-15-21-58-44(56)46-36(30(48)23-26(3)42(46)54)40(52)34-32(60-46)19-17-28(38(34)50)25-29-18-20-33-35(39(29)51)41(53)37-31(49)24-27(4)43(55)47(37,61-33)45(57)59-22-16-14-12-10-8-6-2/h17-20,26-27,42-43,50-55H,5-16,21-25H2,1-4H3. The van der Waals surface area contributed by atoms with E-state index in [0.717, 1.165) is 64.2 Å². The maximum Gasteiger partial charge on any atom is 0.358 e. The largest absolute Gasteiger partial charge is 0.507 e. The van der Waals surface area contributed by atoms with Crippen LogP contribution < -0.4 is 9.47 Å². The van der Waals surface area contributed by atoms with Gasteiger partial charge in [0.2, 0.25) is 0 Å². The molecular formula is C47H60O14. The molecule has 6 unspecified atom stereocenters. The van der Waals surface area contributed by atoms with Crippen molar-refractivity contribution in [2.24, 2.45) is 11.8 Å². The van der Waals surface area contributed by atoms with Crippen molar-refractivity contribution in [3.63, 3.8) is 0 Å². The van der Waals surface area contributed by atoms with E-state index in [1.807, 2.05) is 0 Å². The number of aliphatic hydroxyl groups is 4. The number of aromatic hydroxyl groups is 2. The number of esters is 2. The van der Waals surface area contributed by atoms with Gasteiger partial charge in [-0.3, -0.25) is 9.59 Å². The van der Waals surface area contributed by atoms with Crippen molar-refractivity contribution in [3.05, 3.63) is 57.7 Å². The Kier molecular flexibility index (Phi) is 14.1. The van der Waals surface area contributed by atoms with E-state index in [-0.39, 0.29) is 66.2 Å². The van der Waals surface area contributed by atoms with E-state index >= 15 is 0 Å². The van der Waals surface area contributed by atoms with Crippen molar-refractivity contribution in [2.75, 3.05) is 13.2 Å². The summed E-state index contributed by atoms with van der Waals surface area (Å²) in [7, 11) is 0. The van der Waals surface area contributed by atoms with E-state index in [4.69, 9.17) is 18.9 Å². The molecule has 2 aromatic rings. The van der Waals surface area contributed by atoms with Crippen molar-refractivity contribution in [3.8, 4) is 23.0 Å². The van der Waals surface area contributed by atoms with Crippen molar-refractivity contribution in [1.82, 2.24) is 0 Å². The molecule has 2 fully saturated rings.